The van der Waals surface area contributed by atoms with Crippen molar-refractivity contribution in [2.45, 2.75) is 25.9 Å². The first-order chi connectivity index (χ1) is 6.86. The van der Waals surface area contributed by atoms with Gasteiger partial charge in [-0.15, -0.1) is 0 Å². The monoisotopic (exact) mass is 214 g/mol. The average Bonchev–Trinajstić information content (AvgIpc) is 2.15. The average molecular weight is 214 g/mol. The number of hydrogen-bond donors (Lipinski definition) is 0. The number of halogens is 3. The molecule has 0 atom stereocenters. The van der Waals surface area contributed by atoms with Gasteiger partial charge in [0, 0.05) is 5.69 Å². The molecule has 15 heavy (non-hydrogen) atoms. The molecule has 1 aromatic rings. The number of pyridine rings is 1. The van der Waals surface area contributed by atoms with Gasteiger partial charge in [0.15, 0.2) is 5.69 Å². The molecule has 0 aliphatic heterocycles. The van der Waals surface area contributed by atoms with Crippen LogP contribution in [-0.2, 0) is 6.18 Å². The predicted octanol–water partition coefficient (Wildman–Crippen LogP) is 3.10. The van der Waals surface area contributed by atoms with Gasteiger partial charge in [0.2, 0.25) is 0 Å². The third-order valence-electron chi connectivity index (χ3n) is 1.90. The zero-order chi connectivity index (χ0) is 11.6. The molecule has 0 fully saturated rings. The second-order valence-corrected chi connectivity index (χ2v) is 3.40. The summed E-state index contributed by atoms with van der Waals surface area (Å²) < 4.78 is 37.4. The van der Waals surface area contributed by atoms with E-state index in [1.165, 1.54) is 12.1 Å². The molecular formula is C10H9F3N2. The number of nitriles is 1. The Morgan fingerprint density at radius 1 is 1.33 bits per heavy atom. The van der Waals surface area contributed by atoms with Crippen LogP contribution < -0.4 is 0 Å². The van der Waals surface area contributed by atoms with Gasteiger partial charge < -0.3 is 0 Å². The summed E-state index contributed by atoms with van der Waals surface area (Å²) in [4.78, 5) is 3.47. The van der Waals surface area contributed by atoms with E-state index in [9.17, 15) is 13.2 Å². The molecule has 1 aromatic heterocycles. The lowest BCUT2D eigenvalue weighted by atomic mass is 10.1. The summed E-state index contributed by atoms with van der Waals surface area (Å²) in [5.74, 6) is -0.0983. The van der Waals surface area contributed by atoms with Crippen molar-refractivity contribution in [3.05, 3.63) is 29.1 Å². The highest BCUT2D eigenvalue weighted by Crippen LogP contribution is 2.31. The van der Waals surface area contributed by atoms with Gasteiger partial charge in [0.1, 0.15) is 6.07 Å². The van der Waals surface area contributed by atoms with E-state index in [0.29, 0.717) is 5.69 Å². The highest BCUT2D eigenvalue weighted by Gasteiger charge is 2.36. The van der Waals surface area contributed by atoms with Gasteiger partial charge in [-0.05, 0) is 18.1 Å². The molecule has 1 rings (SSSR count). The SMILES string of the molecule is CC(C)c1ccc(C#N)c(C(F)(F)F)n1. The molecular weight excluding hydrogens is 205 g/mol. The van der Waals surface area contributed by atoms with Crippen molar-refractivity contribution >= 4 is 0 Å². The van der Waals surface area contributed by atoms with E-state index in [-0.39, 0.29) is 5.92 Å². The maximum Gasteiger partial charge on any atom is 0.434 e. The van der Waals surface area contributed by atoms with Crippen molar-refractivity contribution in [2.75, 3.05) is 0 Å². The maximum absolute atomic E-state index is 12.5. The van der Waals surface area contributed by atoms with E-state index in [1.54, 1.807) is 13.8 Å². The molecule has 0 radical (unpaired) electrons. The van der Waals surface area contributed by atoms with Gasteiger partial charge in [-0.25, -0.2) is 4.98 Å². The largest absolute Gasteiger partial charge is 0.434 e. The highest BCUT2D eigenvalue weighted by molar-refractivity contribution is 5.36. The summed E-state index contributed by atoms with van der Waals surface area (Å²) in [6, 6.07) is 4.09. The molecule has 0 N–H and O–H groups in total. The minimum atomic E-state index is -4.57. The Balaban J connectivity index is 3.34. The van der Waals surface area contributed by atoms with Crippen molar-refractivity contribution in [3.63, 3.8) is 0 Å². The van der Waals surface area contributed by atoms with E-state index >= 15 is 0 Å². The van der Waals surface area contributed by atoms with Crippen LogP contribution in [0, 0.1) is 11.3 Å². The first-order valence-electron chi connectivity index (χ1n) is 4.34. The molecule has 0 saturated carbocycles. The van der Waals surface area contributed by atoms with Crippen molar-refractivity contribution in [1.82, 2.24) is 4.98 Å². The van der Waals surface area contributed by atoms with Crippen molar-refractivity contribution in [1.29, 1.82) is 5.26 Å². The lowest BCUT2D eigenvalue weighted by molar-refractivity contribution is -0.141. The number of aromatic nitrogens is 1. The van der Waals surface area contributed by atoms with Gasteiger partial charge in [0.25, 0.3) is 0 Å². The Kier molecular flexibility index (Phi) is 2.98. The fourth-order valence-electron chi connectivity index (χ4n) is 1.10. The minimum Gasteiger partial charge on any atom is -0.247 e. The molecule has 0 unspecified atom stereocenters. The Bertz CT molecular complexity index is 402. The number of hydrogen-bond acceptors (Lipinski definition) is 2. The van der Waals surface area contributed by atoms with E-state index in [4.69, 9.17) is 5.26 Å². The summed E-state index contributed by atoms with van der Waals surface area (Å²) in [6.45, 7) is 3.49. The molecule has 0 aliphatic carbocycles. The molecule has 1 heterocycles. The first-order valence-corrected chi connectivity index (χ1v) is 4.34. The summed E-state index contributed by atoms with van der Waals surface area (Å²) in [5, 5.41) is 8.52. The lowest BCUT2D eigenvalue weighted by Crippen LogP contribution is -2.12. The number of alkyl halides is 3. The van der Waals surface area contributed by atoms with Gasteiger partial charge in [-0.2, -0.15) is 18.4 Å². The Morgan fingerprint density at radius 2 is 1.93 bits per heavy atom. The fourth-order valence-corrected chi connectivity index (χ4v) is 1.10. The van der Waals surface area contributed by atoms with Crippen LogP contribution in [-0.4, -0.2) is 4.98 Å². The van der Waals surface area contributed by atoms with Crippen LogP contribution >= 0.6 is 0 Å². The van der Waals surface area contributed by atoms with Gasteiger partial charge in [0.05, 0.1) is 5.56 Å². The fraction of sp³-hybridized carbons (Fsp3) is 0.400. The van der Waals surface area contributed by atoms with Crippen LogP contribution in [0.2, 0.25) is 0 Å². The topological polar surface area (TPSA) is 36.7 Å². The highest BCUT2D eigenvalue weighted by atomic mass is 19.4. The normalized spacial score (nSPS) is 11.5. The van der Waals surface area contributed by atoms with Crippen LogP contribution in [0.5, 0.6) is 0 Å². The van der Waals surface area contributed by atoms with Crippen molar-refractivity contribution in [3.8, 4) is 6.07 Å². The Labute approximate surface area is 85.4 Å². The zero-order valence-corrected chi connectivity index (χ0v) is 8.26. The Morgan fingerprint density at radius 3 is 2.33 bits per heavy atom. The second-order valence-electron chi connectivity index (χ2n) is 3.40. The molecule has 2 nitrogen and oxygen atoms in total. The summed E-state index contributed by atoms with van der Waals surface area (Å²) >= 11 is 0. The molecule has 0 aliphatic rings. The molecule has 80 valence electrons. The smallest absolute Gasteiger partial charge is 0.247 e. The van der Waals surface area contributed by atoms with Crippen LogP contribution in [0.25, 0.3) is 0 Å². The summed E-state index contributed by atoms with van der Waals surface area (Å²) in [5.41, 5.74) is -1.20. The van der Waals surface area contributed by atoms with E-state index < -0.39 is 17.4 Å². The van der Waals surface area contributed by atoms with E-state index in [0.717, 1.165) is 6.07 Å². The van der Waals surface area contributed by atoms with Crippen molar-refractivity contribution < 1.29 is 13.2 Å². The Hall–Kier alpha value is -1.57. The lowest BCUT2D eigenvalue weighted by Gasteiger charge is -2.11. The molecule has 0 bridgehead atoms. The maximum atomic E-state index is 12.5. The van der Waals surface area contributed by atoms with Gasteiger partial charge in [-0.3, -0.25) is 0 Å². The summed E-state index contributed by atoms with van der Waals surface area (Å²) in [6.07, 6.45) is -4.57. The third-order valence-corrected chi connectivity index (χ3v) is 1.90. The second kappa shape index (κ2) is 3.89. The standard InChI is InChI=1S/C10H9F3N2/c1-6(2)8-4-3-7(5-14)9(15-8)10(11,12)13/h3-4,6H,1-2H3. The van der Waals surface area contributed by atoms with Gasteiger partial charge >= 0.3 is 6.18 Å². The van der Waals surface area contributed by atoms with Crippen LogP contribution in [0.1, 0.15) is 36.7 Å². The molecule has 0 saturated heterocycles. The number of nitrogens with zero attached hydrogens (tertiary/aromatic N) is 2. The minimum absolute atomic E-state index is 0.0983. The summed E-state index contributed by atoms with van der Waals surface area (Å²) in [7, 11) is 0. The predicted molar refractivity (Wildman–Crippen MR) is 48.0 cm³/mol. The third kappa shape index (κ3) is 2.46. The van der Waals surface area contributed by atoms with Gasteiger partial charge in [-0.1, -0.05) is 13.8 Å². The molecule has 0 spiro atoms. The first kappa shape index (κ1) is 11.5. The molecule has 0 amide bonds. The number of rotatable bonds is 1. The quantitative estimate of drug-likeness (QED) is 0.720. The molecule has 0 aromatic carbocycles. The zero-order valence-electron chi connectivity index (χ0n) is 8.26. The van der Waals surface area contributed by atoms with Crippen LogP contribution in [0.4, 0.5) is 13.2 Å². The van der Waals surface area contributed by atoms with E-state index in [2.05, 4.69) is 4.98 Å². The van der Waals surface area contributed by atoms with Crippen LogP contribution in [0.3, 0.4) is 0 Å². The van der Waals surface area contributed by atoms with Crippen molar-refractivity contribution in [2.24, 2.45) is 0 Å². The van der Waals surface area contributed by atoms with E-state index in [1.807, 2.05) is 0 Å². The van der Waals surface area contributed by atoms with Crippen LogP contribution in [0.15, 0.2) is 12.1 Å². The molecule has 5 heteroatoms.